The molecular weight excluding hydrogens is 508 g/mol. The molecule has 212 valence electrons. The minimum atomic E-state index is -1.47. The lowest BCUT2D eigenvalue weighted by molar-refractivity contribution is -0.144. The van der Waals surface area contributed by atoms with Crippen LogP contribution >= 0.6 is 0 Å². The number of piperidine rings is 1. The number of hydrogen-bond acceptors (Lipinski definition) is 6. The van der Waals surface area contributed by atoms with Crippen LogP contribution in [0, 0.1) is 5.92 Å². The van der Waals surface area contributed by atoms with Crippen molar-refractivity contribution in [3.63, 3.8) is 0 Å². The number of rotatable bonds is 12. The molecular formula is C26H36N6O7. The van der Waals surface area contributed by atoms with E-state index in [0.717, 1.165) is 18.4 Å². The summed E-state index contributed by atoms with van der Waals surface area (Å²) in [5, 5.41) is 23.2. The summed E-state index contributed by atoms with van der Waals surface area (Å²) in [6.45, 7) is 3.63. The number of hydrogen-bond donors (Lipinski definition) is 6. The smallest absolute Gasteiger partial charge is 0.326 e. The number of aliphatic imine (C=N–C) groups is 1. The van der Waals surface area contributed by atoms with Crippen LogP contribution in [0.5, 0.6) is 0 Å². The van der Waals surface area contributed by atoms with E-state index >= 15 is 0 Å². The average molecular weight is 545 g/mol. The Morgan fingerprint density at radius 3 is 2.31 bits per heavy atom. The van der Waals surface area contributed by atoms with E-state index in [-0.39, 0.29) is 18.3 Å². The van der Waals surface area contributed by atoms with Gasteiger partial charge in [0.2, 0.25) is 17.7 Å². The molecule has 0 unspecified atom stereocenters. The Kier molecular flexibility index (Phi) is 11.5. The van der Waals surface area contributed by atoms with Gasteiger partial charge < -0.3 is 37.2 Å². The van der Waals surface area contributed by atoms with Crippen molar-refractivity contribution in [1.29, 1.82) is 0 Å². The van der Waals surface area contributed by atoms with Crippen molar-refractivity contribution in [3.8, 4) is 0 Å². The first kappa shape index (κ1) is 30.8. The van der Waals surface area contributed by atoms with Crippen molar-refractivity contribution in [2.75, 3.05) is 6.54 Å². The molecule has 1 fully saturated rings. The van der Waals surface area contributed by atoms with Gasteiger partial charge in [0.25, 0.3) is 0 Å². The molecule has 0 spiro atoms. The number of carbonyl (C=O) groups is 5. The Hall–Kier alpha value is -4.42. The second-order valence-electron chi connectivity index (χ2n) is 9.63. The summed E-state index contributed by atoms with van der Waals surface area (Å²) in [4.78, 5) is 66.7. The fourth-order valence-electron chi connectivity index (χ4n) is 4.19. The number of carbonyl (C=O) groups excluding carboxylic acids is 3. The topological polar surface area (TPSA) is 218 Å². The van der Waals surface area contributed by atoms with Gasteiger partial charge in [-0.25, -0.2) is 9.79 Å². The summed E-state index contributed by atoms with van der Waals surface area (Å²) >= 11 is 0. The van der Waals surface area contributed by atoms with Crippen molar-refractivity contribution in [1.82, 2.24) is 15.5 Å². The van der Waals surface area contributed by atoms with Crippen molar-refractivity contribution in [3.05, 3.63) is 35.9 Å². The molecule has 1 aromatic rings. The molecule has 8 N–H and O–H groups in total. The number of aliphatic carboxylic acids is 2. The Labute approximate surface area is 226 Å². The molecule has 13 heteroatoms. The fourth-order valence-corrected chi connectivity index (χ4v) is 4.19. The maximum absolute atomic E-state index is 13.0. The lowest BCUT2D eigenvalue weighted by Crippen LogP contribution is -2.54. The van der Waals surface area contributed by atoms with Crippen LogP contribution < -0.4 is 22.1 Å². The van der Waals surface area contributed by atoms with E-state index in [2.05, 4.69) is 15.6 Å². The summed E-state index contributed by atoms with van der Waals surface area (Å²) in [6.07, 6.45) is 4.30. The maximum atomic E-state index is 13.0. The Morgan fingerprint density at radius 1 is 1.08 bits per heavy atom. The number of benzene rings is 1. The predicted octanol–water partition coefficient (Wildman–Crippen LogP) is 0.561. The van der Waals surface area contributed by atoms with E-state index in [4.69, 9.17) is 11.5 Å². The van der Waals surface area contributed by atoms with Crippen LogP contribution in [0.4, 0.5) is 5.69 Å². The monoisotopic (exact) mass is 544 g/mol. The second-order valence-corrected chi connectivity index (χ2v) is 9.63. The normalized spacial score (nSPS) is 16.8. The molecule has 0 aromatic heterocycles. The number of nitrogens with zero attached hydrogens (tertiary/aromatic N) is 2. The van der Waals surface area contributed by atoms with Gasteiger partial charge in [0.05, 0.1) is 12.1 Å². The van der Waals surface area contributed by atoms with Gasteiger partial charge in [0.15, 0.2) is 5.96 Å². The Morgan fingerprint density at radius 2 is 1.74 bits per heavy atom. The molecule has 1 heterocycles. The van der Waals surface area contributed by atoms with Crippen molar-refractivity contribution in [2.24, 2.45) is 22.4 Å². The first-order chi connectivity index (χ1) is 18.4. The number of nitrogens with two attached hydrogens (primary N) is 2. The van der Waals surface area contributed by atoms with Crippen LogP contribution in [-0.2, 0) is 24.0 Å². The second kappa shape index (κ2) is 14.5. The summed E-state index contributed by atoms with van der Waals surface area (Å²) in [7, 11) is 0. The number of carboxylic acid groups (broad SMARTS) is 2. The van der Waals surface area contributed by atoms with Crippen LogP contribution in [0.2, 0.25) is 0 Å². The van der Waals surface area contributed by atoms with Crippen LogP contribution in [0.25, 0.3) is 6.08 Å². The molecule has 13 nitrogen and oxygen atoms in total. The van der Waals surface area contributed by atoms with Crippen LogP contribution in [0.1, 0.15) is 51.5 Å². The average Bonchev–Trinajstić information content (AvgIpc) is 2.85. The third-order valence-electron chi connectivity index (χ3n) is 6.16. The van der Waals surface area contributed by atoms with Gasteiger partial charge in [-0.15, -0.1) is 0 Å². The molecule has 1 aliphatic rings. The Bertz CT molecular complexity index is 1110. The van der Waals surface area contributed by atoms with E-state index in [1.54, 1.807) is 49.1 Å². The molecule has 0 bridgehead atoms. The van der Waals surface area contributed by atoms with Gasteiger partial charge in [-0.2, -0.15) is 0 Å². The largest absolute Gasteiger partial charge is 0.481 e. The van der Waals surface area contributed by atoms with Gasteiger partial charge in [-0.3, -0.25) is 19.2 Å². The lowest BCUT2D eigenvalue weighted by Gasteiger charge is -2.35. The summed E-state index contributed by atoms with van der Waals surface area (Å²) in [5.74, 6) is -4.94. The molecule has 39 heavy (non-hydrogen) atoms. The highest BCUT2D eigenvalue weighted by Crippen LogP contribution is 2.21. The Balaban J connectivity index is 2.06. The molecule has 3 amide bonds. The van der Waals surface area contributed by atoms with Crippen LogP contribution in [-0.4, -0.2) is 75.4 Å². The molecule has 0 radical (unpaired) electrons. The number of nitrogens with one attached hydrogen (secondary N) is 2. The highest BCUT2D eigenvalue weighted by molar-refractivity contribution is 5.94. The molecule has 0 saturated carbocycles. The van der Waals surface area contributed by atoms with Crippen molar-refractivity contribution >= 4 is 47.4 Å². The molecule has 0 aliphatic carbocycles. The first-order valence-electron chi connectivity index (χ1n) is 12.6. The highest BCUT2D eigenvalue weighted by Gasteiger charge is 2.32. The van der Waals surface area contributed by atoms with Gasteiger partial charge in [-0.05, 0) is 49.0 Å². The zero-order valence-corrected chi connectivity index (χ0v) is 22.0. The summed E-state index contributed by atoms with van der Waals surface area (Å²) < 4.78 is 0. The van der Waals surface area contributed by atoms with Crippen LogP contribution in [0.15, 0.2) is 35.3 Å². The standard InChI is InChI=1S/C26H36N6O7/c1-15(2)23(25(38)39)31-24(37)19(14-22(35)36)30-20(33)13-18-5-3-4-12-32(18)21(34)11-8-16-6-9-17(10-7-16)29-26(27)28/h6-11,15,18-19,23H,3-5,12-14H2,1-2H3,(H,30,33)(H,31,37)(H,35,36)(H,38,39)(H4,27,28,29)/b11-8+/t18-,19-,23-/m0/s1. The van der Waals surface area contributed by atoms with E-state index < -0.39 is 54.2 Å². The minimum Gasteiger partial charge on any atom is -0.481 e. The molecule has 3 atom stereocenters. The van der Waals surface area contributed by atoms with Gasteiger partial charge in [-0.1, -0.05) is 26.0 Å². The van der Waals surface area contributed by atoms with Crippen molar-refractivity contribution in [2.45, 2.75) is 64.1 Å². The van der Waals surface area contributed by atoms with E-state index in [1.165, 1.54) is 6.08 Å². The zero-order chi connectivity index (χ0) is 29.1. The fraction of sp³-hybridized carbons (Fsp3) is 0.462. The summed E-state index contributed by atoms with van der Waals surface area (Å²) in [6, 6.07) is 3.72. The third-order valence-corrected chi connectivity index (χ3v) is 6.16. The molecule has 2 rings (SSSR count). The molecule has 1 saturated heterocycles. The lowest BCUT2D eigenvalue weighted by atomic mass is 9.98. The minimum absolute atomic E-state index is 0.0661. The SMILES string of the molecule is CC(C)[C@H](NC(=O)[C@H](CC(=O)O)NC(=O)C[C@@H]1CCCCN1C(=O)/C=C/c1ccc(N=C(N)N)cc1)C(=O)O. The summed E-state index contributed by atoms with van der Waals surface area (Å²) in [5.41, 5.74) is 12.0. The van der Waals surface area contributed by atoms with Gasteiger partial charge in [0.1, 0.15) is 12.1 Å². The number of likely N-dealkylation sites (tertiary alicyclic amines) is 1. The molecule has 1 aromatic carbocycles. The quantitative estimate of drug-likeness (QED) is 0.123. The predicted molar refractivity (Wildman–Crippen MR) is 144 cm³/mol. The number of guanidine groups is 1. The number of carboxylic acids is 2. The van der Waals surface area contributed by atoms with E-state index in [1.807, 2.05) is 0 Å². The maximum Gasteiger partial charge on any atom is 0.326 e. The van der Waals surface area contributed by atoms with Gasteiger partial charge >= 0.3 is 11.9 Å². The third kappa shape index (κ3) is 10.1. The zero-order valence-electron chi connectivity index (χ0n) is 22.0. The van der Waals surface area contributed by atoms with E-state index in [9.17, 15) is 34.2 Å². The first-order valence-corrected chi connectivity index (χ1v) is 12.6. The van der Waals surface area contributed by atoms with Crippen molar-refractivity contribution < 1.29 is 34.2 Å². The highest BCUT2D eigenvalue weighted by atomic mass is 16.4. The number of amides is 3. The van der Waals surface area contributed by atoms with Crippen LogP contribution in [0.3, 0.4) is 0 Å². The molecule has 1 aliphatic heterocycles. The van der Waals surface area contributed by atoms with E-state index in [0.29, 0.717) is 18.7 Å². The van der Waals surface area contributed by atoms with Gasteiger partial charge in [0, 0.05) is 25.1 Å².